The highest BCUT2D eigenvalue weighted by Gasteiger charge is 2.15. The van der Waals surface area contributed by atoms with Gasteiger partial charge in [-0.2, -0.15) is 0 Å². The summed E-state index contributed by atoms with van der Waals surface area (Å²) in [6.07, 6.45) is 0. The molecule has 0 atom stereocenters. The van der Waals surface area contributed by atoms with Crippen molar-refractivity contribution in [2.75, 3.05) is 40.5 Å². The molecule has 118 valence electrons. The van der Waals surface area contributed by atoms with Crippen molar-refractivity contribution in [1.29, 1.82) is 0 Å². The molecule has 5 heteroatoms. The number of nitrogens with zero attached hydrogens (tertiary/aromatic N) is 1. The molecular formula is C16H24ClNO3. The number of carbonyl (C=O) groups excluding carboxylic acids is 1. The van der Waals surface area contributed by atoms with Crippen molar-refractivity contribution < 1.29 is 14.3 Å². The number of hydrogen-bond acceptors (Lipinski definition) is 4. The Kier molecular flexibility index (Phi) is 7.72. The summed E-state index contributed by atoms with van der Waals surface area (Å²) in [5.41, 5.74) is 0.604. The Balaban J connectivity index is 2.73. The van der Waals surface area contributed by atoms with Crippen molar-refractivity contribution >= 4 is 17.4 Å². The lowest BCUT2D eigenvalue weighted by Crippen LogP contribution is -2.35. The molecule has 1 aromatic carbocycles. The summed E-state index contributed by atoms with van der Waals surface area (Å²) in [5.74, 6) is 1.12. The smallest absolute Gasteiger partial charge is 0.176 e. The van der Waals surface area contributed by atoms with Gasteiger partial charge in [0.1, 0.15) is 5.75 Å². The number of ether oxygens (including phenoxy) is 2. The molecule has 1 aromatic rings. The molecule has 4 nitrogen and oxygen atoms in total. The number of methoxy groups -OCH3 is 2. The second-order valence-corrected chi connectivity index (χ2v) is 5.80. The Hall–Kier alpha value is -1.10. The fourth-order valence-electron chi connectivity index (χ4n) is 2.11. The molecule has 0 amide bonds. The number of Topliss-reactive ketones (excluding diaryl/α,β-unsaturated/α-hetero) is 1. The van der Waals surface area contributed by atoms with Crippen LogP contribution in [0.5, 0.6) is 5.75 Å². The lowest BCUT2D eigenvalue weighted by molar-refractivity contribution is 0.0881. The van der Waals surface area contributed by atoms with Gasteiger partial charge in [-0.15, -0.1) is 0 Å². The van der Waals surface area contributed by atoms with Gasteiger partial charge in [0.05, 0.1) is 25.3 Å². The third-order valence-electron chi connectivity index (χ3n) is 3.08. The average Bonchev–Trinajstić information content (AvgIpc) is 2.43. The van der Waals surface area contributed by atoms with Crippen molar-refractivity contribution in [3.8, 4) is 5.75 Å². The highest BCUT2D eigenvalue weighted by Crippen LogP contribution is 2.25. The van der Waals surface area contributed by atoms with Crippen LogP contribution < -0.4 is 4.74 Å². The minimum atomic E-state index is 0.0521. The topological polar surface area (TPSA) is 38.8 Å². The molecule has 0 aliphatic carbocycles. The molecule has 0 spiro atoms. The van der Waals surface area contributed by atoms with Gasteiger partial charge in [-0.1, -0.05) is 25.4 Å². The van der Waals surface area contributed by atoms with Crippen molar-refractivity contribution in [3.63, 3.8) is 0 Å². The third kappa shape index (κ3) is 6.04. The van der Waals surface area contributed by atoms with E-state index in [0.29, 0.717) is 35.4 Å². The van der Waals surface area contributed by atoms with E-state index in [0.717, 1.165) is 13.1 Å². The maximum atomic E-state index is 12.4. The Morgan fingerprint density at radius 3 is 2.57 bits per heavy atom. The number of halogens is 1. The monoisotopic (exact) mass is 313 g/mol. The highest BCUT2D eigenvalue weighted by atomic mass is 35.5. The first-order valence-electron chi connectivity index (χ1n) is 7.06. The predicted molar refractivity (Wildman–Crippen MR) is 85.5 cm³/mol. The number of carbonyl (C=O) groups is 1. The maximum Gasteiger partial charge on any atom is 0.176 e. The SMILES string of the molecule is COCCN(CC(=O)c1ccc(OC)c(Cl)c1)CC(C)C. The molecule has 0 saturated carbocycles. The number of benzene rings is 1. The minimum Gasteiger partial charge on any atom is -0.495 e. The zero-order valence-corrected chi connectivity index (χ0v) is 13.9. The first kappa shape index (κ1) is 18.0. The summed E-state index contributed by atoms with van der Waals surface area (Å²) >= 11 is 6.07. The summed E-state index contributed by atoms with van der Waals surface area (Å²) in [6, 6.07) is 5.13. The van der Waals surface area contributed by atoms with Crippen LogP contribution in [0.2, 0.25) is 5.02 Å². The Bertz CT molecular complexity index is 463. The zero-order chi connectivity index (χ0) is 15.8. The molecule has 0 radical (unpaired) electrons. The Morgan fingerprint density at radius 1 is 1.33 bits per heavy atom. The quantitative estimate of drug-likeness (QED) is 0.657. The van der Waals surface area contributed by atoms with Gasteiger partial charge in [0.25, 0.3) is 0 Å². The lowest BCUT2D eigenvalue weighted by Gasteiger charge is -2.23. The van der Waals surface area contributed by atoms with Gasteiger partial charge >= 0.3 is 0 Å². The molecular weight excluding hydrogens is 290 g/mol. The van der Waals surface area contributed by atoms with Crippen LogP contribution in [0.25, 0.3) is 0 Å². The fourth-order valence-corrected chi connectivity index (χ4v) is 2.36. The number of ketones is 1. The molecule has 0 bridgehead atoms. The molecule has 1 rings (SSSR count). The summed E-state index contributed by atoms with van der Waals surface area (Å²) in [6.45, 7) is 6.85. The highest BCUT2D eigenvalue weighted by molar-refractivity contribution is 6.32. The maximum absolute atomic E-state index is 12.4. The van der Waals surface area contributed by atoms with E-state index in [9.17, 15) is 4.79 Å². The number of rotatable bonds is 9. The van der Waals surface area contributed by atoms with E-state index in [-0.39, 0.29) is 5.78 Å². The van der Waals surface area contributed by atoms with Crippen molar-refractivity contribution in [2.24, 2.45) is 5.92 Å². The van der Waals surface area contributed by atoms with E-state index >= 15 is 0 Å². The number of hydrogen-bond donors (Lipinski definition) is 0. The van der Waals surface area contributed by atoms with E-state index in [1.54, 1.807) is 32.4 Å². The van der Waals surface area contributed by atoms with E-state index in [1.165, 1.54) is 0 Å². The van der Waals surface area contributed by atoms with E-state index in [4.69, 9.17) is 21.1 Å². The fraction of sp³-hybridized carbons (Fsp3) is 0.562. The van der Waals surface area contributed by atoms with Gasteiger partial charge < -0.3 is 9.47 Å². The minimum absolute atomic E-state index is 0.0521. The van der Waals surface area contributed by atoms with Gasteiger partial charge in [-0.3, -0.25) is 9.69 Å². The van der Waals surface area contributed by atoms with E-state index in [2.05, 4.69) is 18.7 Å². The first-order chi connectivity index (χ1) is 9.97. The Morgan fingerprint density at radius 2 is 2.05 bits per heavy atom. The summed E-state index contributed by atoms with van der Waals surface area (Å²) < 4.78 is 10.2. The summed E-state index contributed by atoms with van der Waals surface area (Å²) in [5, 5.41) is 0.454. The largest absolute Gasteiger partial charge is 0.495 e. The van der Waals surface area contributed by atoms with Crippen LogP contribution in [0.3, 0.4) is 0 Å². The molecule has 0 aliphatic heterocycles. The van der Waals surface area contributed by atoms with Gasteiger partial charge in [0.15, 0.2) is 5.78 Å². The molecule has 0 aliphatic rings. The van der Waals surface area contributed by atoms with E-state index < -0.39 is 0 Å². The van der Waals surface area contributed by atoms with Crippen LogP contribution in [-0.4, -0.2) is 51.1 Å². The van der Waals surface area contributed by atoms with Crippen LogP contribution in [0.1, 0.15) is 24.2 Å². The van der Waals surface area contributed by atoms with Crippen LogP contribution >= 0.6 is 11.6 Å². The Labute approximate surface area is 132 Å². The average molecular weight is 314 g/mol. The van der Waals surface area contributed by atoms with Gasteiger partial charge in [-0.05, 0) is 24.1 Å². The van der Waals surface area contributed by atoms with Crippen LogP contribution in [0.4, 0.5) is 0 Å². The third-order valence-corrected chi connectivity index (χ3v) is 3.37. The zero-order valence-electron chi connectivity index (χ0n) is 13.2. The second kappa shape index (κ2) is 9.03. The van der Waals surface area contributed by atoms with Gasteiger partial charge in [0, 0.05) is 25.8 Å². The molecule has 0 saturated heterocycles. The molecule has 0 aromatic heterocycles. The van der Waals surface area contributed by atoms with Crippen molar-refractivity contribution in [2.45, 2.75) is 13.8 Å². The molecule has 0 N–H and O–H groups in total. The van der Waals surface area contributed by atoms with Crippen LogP contribution in [0, 0.1) is 5.92 Å². The molecule has 0 unspecified atom stereocenters. The van der Waals surface area contributed by atoms with Gasteiger partial charge in [-0.25, -0.2) is 0 Å². The first-order valence-corrected chi connectivity index (χ1v) is 7.43. The van der Waals surface area contributed by atoms with Crippen molar-refractivity contribution in [1.82, 2.24) is 4.90 Å². The molecule has 21 heavy (non-hydrogen) atoms. The second-order valence-electron chi connectivity index (χ2n) is 5.39. The lowest BCUT2D eigenvalue weighted by atomic mass is 10.1. The summed E-state index contributed by atoms with van der Waals surface area (Å²) in [4.78, 5) is 14.5. The van der Waals surface area contributed by atoms with E-state index in [1.807, 2.05) is 0 Å². The van der Waals surface area contributed by atoms with Crippen LogP contribution in [-0.2, 0) is 4.74 Å². The van der Waals surface area contributed by atoms with Crippen LogP contribution in [0.15, 0.2) is 18.2 Å². The summed E-state index contributed by atoms with van der Waals surface area (Å²) in [7, 11) is 3.22. The van der Waals surface area contributed by atoms with Gasteiger partial charge in [0.2, 0.25) is 0 Å². The standard InChI is InChI=1S/C16H24ClNO3/c1-12(2)10-18(7-8-20-3)11-15(19)13-5-6-16(21-4)14(17)9-13/h5-6,9,12H,7-8,10-11H2,1-4H3. The molecule has 0 heterocycles. The predicted octanol–water partition coefficient (Wildman–Crippen LogP) is 3.14. The van der Waals surface area contributed by atoms with Crippen molar-refractivity contribution in [3.05, 3.63) is 28.8 Å². The normalized spacial score (nSPS) is 11.2. The molecule has 0 fully saturated rings.